The summed E-state index contributed by atoms with van der Waals surface area (Å²) in [5.41, 5.74) is 0.448. The van der Waals surface area contributed by atoms with Crippen molar-refractivity contribution in [3.63, 3.8) is 0 Å². The van der Waals surface area contributed by atoms with Gasteiger partial charge in [-0.05, 0) is 12.1 Å². The van der Waals surface area contributed by atoms with E-state index in [1.165, 1.54) is 38.5 Å². The molecular weight excluding hydrogens is 620 g/mol. The smallest absolute Gasteiger partial charge is 0.270 e. The predicted octanol–water partition coefficient (Wildman–Crippen LogP) is -2.20. The summed E-state index contributed by atoms with van der Waals surface area (Å²) in [5, 5.41) is 104. The van der Waals surface area contributed by atoms with Gasteiger partial charge in [-0.15, -0.1) is 0 Å². The van der Waals surface area contributed by atoms with Crippen LogP contribution in [0.15, 0.2) is 30.0 Å². The number of rotatable bonds is 9. The molecule has 0 saturated carbocycles. The van der Waals surface area contributed by atoms with Gasteiger partial charge in [-0.25, -0.2) is 0 Å². The Kier molecular flexibility index (Phi) is 9.99. The third kappa shape index (κ3) is 6.21. The lowest BCUT2D eigenvalue weighted by Gasteiger charge is -2.46. The van der Waals surface area contributed by atoms with E-state index in [2.05, 4.69) is 4.74 Å². The fraction of sp³-hybridized carbons (Fsp3) is 0.517. The second-order valence-electron chi connectivity index (χ2n) is 10.9. The Hall–Kier alpha value is -3.62. The molecule has 0 bridgehead atoms. The van der Waals surface area contributed by atoms with Crippen molar-refractivity contribution < 1.29 is 84.2 Å². The van der Waals surface area contributed by atoms with Gasteiger partial charge in [-0.3, -0.25) is 0 Å². The van der Waals surface area contributed by atoms with Gasteiger partial charge < -0.3 is 84.2 Å². The molecule has 46 heavy (non-hydrogen) atoms. The Balaban J connectivity index is 1.50. The first-order valence-corrected chi connectivity index (χ1v) is 14.1. The van der Waals surface area contributed by atoms with E-state index in [0.29, 0.717) is 5.56 Å². The third-order valence-corrected chi connectivity index (χ3v) is 7.98. The first kappa shape index (κ1) is 33.7. The molecule has 11 atom stereocenters. The number of phenolic OH excluding ortho intramolecular Hbond substituents is 3. The molecule has 3 heterocycles. The average molecular weight is 658 g/mol. The topological polar surface area (TPSA) is 270 Å². The highest BCUT2D eigenvalue weighted by Gasteiger charge is 2.52. The zero-order valence-electron chi connectivity index (χ0n) is 24.5. The molecule has 0 aliphatic carbocycles. The lowest BCUT2D eigenvalue weighted by Crippen LogP contribution is -2.64. The Morgan fingerprint density at radius 1 is 0.739 bits per heavy atom. The number of aliphatic hydroxyl groups excluding tert-OH is 7. The van der Waals surface area contributed by atoms with Crippen molar-refractivity contribution in [1.82, 2.24) is 0 Å². The molecule has 2 aromatic rings. The fourth-order valence-electron chi connectivity index (χ4n) is 5.48. The van der Waals surface area contributed by atoms with Gasteiger partial charge in [0.25, 0.3) is 11.9 Å². The van der Waals surface area contributed by atoms with Crippen molar-refractivity contribution >= 4 is 6.08 Å². The SMILES string of the molecule is COc1cc(C2[OH+]c3cc(O)cc(O)c3C=C2O[C@@H]2O[C@H](CO)[C@@H](O)[C@H](O[C@@H]3O[C@H](CO)[C@@H](O)[C@H](O)[C@H]3O)[C@H]2O)cc(OC)c1O. The zero-order chi connectivity index (χ0) is 33.4. The average Bonchev–Trinajstić information content (AvgIpc) is 3.04. The maximum absolute atomic E-state index is 11.3. The van der Waals surface area contributed by atoms with Crippen LogP contribution in [0.4, 0.5) is 0 Å². The van der Waals surface area contributed by atoms with E-state index in [1.807, 2.05) is 0 Å². The maximum atomic E-state index is 11.3. The quantitative estimate of drug-likeness (QED) is 0.128. The molecule has 0 radical (unpaired) electrons. The first-order chi connectivity index (χ1) is 21.9. The molecule has 17 heteroatoms. The number of methoxy groups -OCH3 is 2. The maximum Gasteiger partial charge on any atom is 0.270 e. The van der Waals surface area contributed by atoms with Crippen LogP contribution in [0.5, 0.6) is 34.5 Å². The minimum atomic E-state index is -1.87. The van der Waals surface area contributed by atoms with Crippen LogP contribution >= 0.6 is 0 Å². The van der Waals surface area contributed by atoms with E-state index < -0.39 is 80.7 Å². The molecule has 3 aliphatic rings. The predicted molar refractivity (Wildman–Crippen MR) is 151 cm³/mol. The summed E-state index contributed by atoms with van der Waals surface area (Å²) in [7, 11) is 2.63. The number of aromatic hydroxyl groups is 4. The molecule has 17 nitrogen and oxygen atoms in total. The van der Waals surface area contributed by atoms with Crippen molar-refractivity contribution in [2.75, 3.05) is 27.4 Å². The summed E-state index contributed by atoms with van der Waals surface area (Å²) in [6.45, 7) is -1.54. The number of hydrogen-bond acceptors (Lipinski definition) is 16. The van der Waals surface area contributed by atoms with Crippen molar-refractivity contribution in [2.24, 2.45) is 0 Å². The molecule has 2 aromatic carbocycles. The van der Waals surface area contributed by atoms with Crippen molar-refractivity contribution in [1.29, 1.82) is 0 Å². The van der Waals surface area contributed by atoms with Crippen LogP contribution < -0.4 is 9.47 Å². The van der Waals surface area contributed by atoms with Gasteiger partial charge in [0.15, 0.2) is 23.5 Å². The molecule has 11 N–H and O–H groups in total. The molecular formula is C29H37O17+. The summed E-state index contributed by atoms with van der Waals surface area (Å²) in [6.07, 6.45) is -16.6. The van der Waals surface area contributed by atoms with E-state index >= 15 is 0 Å². The third-order valence-electron chi connectivity index (χ3n) is 7.98. The van der Waals surface area contributed by atoms with Gasteiger partial charge >= 0.3 is 0 Å². The number of fused-ring (bicyclic) bond motifs is 1. The second kappa shape index (κ2) is 13.6. The van der Waals surface area contributed by atoms with Crippen LogP contribution in [0.1, 0.15) is 17.2 Å². The molecule has 5 rings (SSSR count). The highest BCUT2D eigenvalue weighted by molar-refractivity contribution is 5.69. The standard InChI is InChI=1S/C29H36O17/c1-40-15-3-10(4-16(41-2)20(15)34)26-17(7-12-13(33)5-11(32)6-14(12)42-26)43-29-25(39)27(22(36)19(9-31)45-29)46-28-24(38)23(37)21(35)18(8-30)44-28/h3-7,18-19,21-39H,8-9H2,1-2H3/p+1/t18-,19-,21-,22-,23+,24-,25-,26?,27+,28+,29-/m1/s1. The Morgan fingerprint density at radius 3 is 1.96 bits per heavy atom. The van der Waals surface area contributed by atoms with E-state index in [-0.39, 0.29) is 45.8 Å². The minimum Gasteiger partial charge on any atom is -0.571 e. The summed E-state index contributed by atoms with van der Waals surface area (Å²) < 4.78 is 37.9. The van der Waals surface area contributed by atoms with Gasteiger partial charge in [0.2, 0.25) is 12.0 Å². The minimum absolute atomic E-state index is 0.0128. The molecule has 0 aromatic heterocycles. The van der Waals surface area contributed by atoms with Crippen molar-refractivity contribution in [3.8, 4) is 34.5 Å². The highest BCUT2D eigenvalue weighted by atomic mass is 16.7. The fourth-order valence-corrected chi connectivity index (χ4v) is 5.48. The van der Waals surface area contributed by atoms with Gasteiger partial charge in [-0.1, -0.05) is 0 Å². The van der Waals surface area contributed by atoms with Gasteiger partial charge in [0.1, 0.15) is 65.9 Å². The lowest BCUT2D eigenvalue weighted by molar-refractivity contribution is -0.358. The van der Waals surface area contributed by atoms with Crippen LogP contribution in [-0.2, 0) is 18.9 Å². The summed E-state index contributed by atoms with van der Waals surface area (Å²) in [5.74, 6) is -0.831. The summed E-state index contributed by atoms with van der Waals surface area (Å²) >= 11 is 0. The number of aliphatic hydroxyl groups is 8. The van der Waals surface area contributed by atoms with Crippen molar-refractivity contribution in [2.45, 2.75) is 67.5 Å². The largest absolute Gasteiger partial charge is 0.571 e. The molecule has 3 aliphatic heterocycles. The molecule has 254 valence electrons. The normalized spacial score (nSPS) is 34.2. The highest BCUT2D eigenvalue weighted by Crippen LogP contribution is 2.48. The number of ether oxygens (including phenoxy) is 7. The van der Waals surface area contributed by atoms with Gasteiger partial charge in [-0.2, -0.15) is 0 Å². The zero-order valence-corrected chi connectivity index (χ0v) is 24.5. The summed E-state index contributed by atoms with van der Waals surface area (Å²) in [4.78, 5) is 0. The van der Waals surface area contributed by atoms with Crippen molar-refractivity contribution in [3.05, 3.63) is 41.2 Å². The van der Waals surface area contributed by atoms with Crippen LogP contribution in [-0.4, -0.2) is 145 Å². The van der Waals surface area contributed by atoms with Crippen LogP contribution in [0, 0.1) is 0 Å². The Bertz CT molecular complexity index is 1390. The van der Waals surface area contributed by atoms with Crippen LogP contribution in [0.3, 0.4) is 0 Å². The number of phenols is 3. The second-order valence-corrected chi connectivity index (χ2v) is 10.9. The molecule has 2 fully saturated rings. The molecule has 0 spiro atoms. The monoisotopic (exact) mass is 657 g/mol. The van der Waals surface area contributed by atoms with Gasteiger partial charge in [0.05, 0.1) is 39.1 Å². The summed E-state index contributed by atoms with van der Waals surface area (Å²) in [6, 6.07) is 5.23. The number of hydrogen-bond donors (Lipinski definition) is 10. The van der Waals surface area contributed by atoms with E-state index in [4.69, 9.17) is 28.4 Å². The molecule has 0 amide bonds. The number of benzene rings is 2. The van der Waals surface area contributed by atoms with E-state index in [1.54, 1.807) is 0 Å². The molecule has 2 saturated heterocycles. The first-order valence-electron chi connectivity index (χ1n) is 14.1. The van der Waals surface area contributed by atoms with Crippen LogP contribution in [0.2, 0.25) is 0 Å². The van der Waals surface area contributed by atoms with E-state index in [9.17, 15) is 51.1 Å². The Morgan fingerprint density at radius 2 is 1.35 bits per heavy atom. The van der Waals surface area contributed by atoms with Gasteiger partial charge in [0, 0.05) is 12.1 Å². The molecule has 1 unspecified atom stereocenters. The van der Waals surface area contributed by atoms with Crippen LogP contribution in [0.25, 0.3) is 6.08 Å². The lowest BCUT2D eigenvalue weighted by atomic mass is 9.96. The van der Waals surface area contributed by atoms with E-state index in [0.717, 1.165) is 6.07 Å². The Labute approximate surface area is 261 Å².